The van der Waals surface area contributed by atoms with Gasteiger partial charge in [0.2, 0.25) is 0 Å². The Balaban J connectivity index is 2.59. The van der Waals surface area contributed by atoms with Gasteiger partial charge in [-0.1, -0.05) is 43.2 Å². The Bertz CT molecular complexity index is 598. The van der Waals surface area contributed by atoms with Crippen LogP contribution < -0.4 is 0 Å². The first-order chi connectivity index (χ1) is 12.2. The first-order valence-electron chi connectivity index (χ1n) is 9.07. The molecule has 0 saturated carbocycles. The molecule has 0 radical (unpaired) electrons. The van der Waals surface area contributed by atoms with Crippen LogP contribution in [0.5, 0.6) is 0 Å². The zero-order valence-corrected chi connectivity index (χ0v) is 16.2. The molecule has 26 heavy (non-hydrogen) atoms. The topological polar surface area (TPSA) is 70.0 Å². The van der Waals surface area contributed by atoms with E-state index in [1.54, 1.807) is 20.8 Å². The summed E-state index contributed by atoms with van der Waals surface area (Å²) >= 11 is 0. The number of hydrogen-bond donors (Lipinski definition) is 2. The minimum Gasteiger partial charge on any atom is -0.444 e. The maximum Gasteiger partial charge on any atom is 0.410 e. The Labute approximate surface area is 157 Å². The number of ether oxygens (including phenoxy) is 1. The van der Waals surface area contributed by atoms with Crippen LogP contribution in [-0.4, -0.2) is 52.1 Å². The molecule has 2 atom stereocenters. The van der Waals surface area contributed by atoms with Crippen molar-refractivity contribution in [3.05, 3.63) is 35.9 Å². The second kappa shape index (κ2) is 10.8. The molecule has 0 aromatic heterocycles. The van der Waals surface area contributed by atoms with Crippen molar-refractivity contribution in [2.75, 3.05) is 13.1 Å². The summed E-state index contributed by atoms with van der Waals surface area (Å²) < 4.78 is 5.35. The summed E-state index contributed by atoms with van der Waals surface area (Å²) in [6.07, 6.45) is -0.257. The van der Waals surface area contributed by atoms with Crippen molar-refractivity contribution < 1.29 is 19.7 Å². The van der Waals surface area contributed by atoms with Gasteiger partial charge in [0.05, 0.1) is 19.2 Å². The van der Waals surface area contributed by atoms with E-state index in [1.165, 1.54) is 10.5 Å². The summed E-state index contributed by atoms with van der Waals surface area (Å²) in [5, 5.41) is 20.0. The van der Waals surface area contributed by atoms with E-state index in [4.69, 9.17) is 4.74 Å². The van der Waals surface area contributed by atoms with E-state index >= 15 is 0 Å². The number of aryl methyl sites for hydroxylation is 1. The number of aliphatic hydroxyl groups excluding tert-OH is 2. The zero-order chi connectivity index (χ0) is 19.6. The number of benzene rings is 1. The normalized spacial score (nSPS) is 13.3. The van der Waals surface area contributed by atoms with E-state index in [9.17, 15) is 15.0 Å². The van der Waals surface area contributed by atoms with Gasteiger partial charge in [-0.15, -0.1) is 5.92 Å². The maximum atomic E-state index is 12.3. The third-order valence-electron chi connectivity index (χ3n) is 3.60. The van der Waals surface area contributed by atoms with Gasteiger partial charge >= 0.3 is 6.09 Å². The van der Waals surface area contributed by atoms with Gasteiger partial charge < -0.3 is 19.8 Å². The first kappa shape index (κ1) is 22.0. The van der Waals surface area contributed by atoms with Gasteiger partial charge in [-0.3, -0.25) is 0 Å². The third kappa shape index (κ3) is 9.45. The Morgan fingerprint density at radius 3 is 2.42 bits per heavy atom. The van der Waals surface area contributed by atoms with Gasteiger partial charge in [-0.2, -0.15) is 0 Å². The number of carbonyl (C=O) groups excluding carboxylic acids is 1. The second-order valence-corrected chi connectivity index (χ2v) is 7.27. The van der Waals surface area contributed by atoms with Crippen molar-refractivity contribution in [2.45, 2.75) is 64.8 Å². The monoisotopic (exact) mass is 361 g/mol. The smallest absolute Gasteiger partial charge is 0.410 e. The van der Waals surface area contributed by atoms with E-state index < -0.39 is 23.9 Å². The number of hydrogen-bond acceptors (Lipinski definition) is 4. The highest BCUT2D eigenvalue weighted by atomic mass is 16.6. The number of amides is 1. The molecule has 1 aromatic rings. The summed E-state index contributed by atoms with van der Waals surface area (Å²) in [6.45, 7) is 7.27. The molecule has 0 fully saturated rings. The highest BCUT2D eigenvalue weighted by Crippen LogP contribution is 2.11. The van der Waals surface area contributed by atoms with Crippen molar-refractivity contribution >= 4 is 6.09 Å². The largest absolute Gasteiger partial charge is 0.444 e. The SMILES string of the molecule is CCC(O)CN(CC(O)C#CCCc1ccccc1)C(=O)OC(C)(C)C. The Kier molecular flexibility index (Phi) is 9.18. The predicted octanol–water partition coefficient (Wildman–Crippen LogP) is 2.99. The molecule has 144 valence electrons. The molecule has 0 aliphatic rings. The van der Waals surface area contributed by atoms with Gasteiger partial charge in [0, 0.05) is 6.42 Å². The lowest BCUT2D eigenvalue weighted by atomic mass is 10.1. The van der Waals surface area contributed by atoms with Crippen LogP contribution >= 0.6 is 0 Å². The van der Waals surface area contributed by atoms with Gasteiger partial charge in [-0.25, -0.2) is 4.79 Å². The fraction of sp³-hybridized carbons (Fsp3) is 0.571. The van der Waals surface area contributed by atoms with Crippen molar-refractivity contribution in [2.24, 2.45) is 0 Å². The molecular formula is C21H31NO4. The Morgan fingerprint density at radius 1 is 1.19 bits per heavy atom. The molecular weight excluding hydrogens is 330 g/mol. The lowest BCUT2D eigenvalue weighted by Crippen LogP contribution is -2.44. The van der Waals surface area contributed by atoms with E-state index in [2.05, 4.69) is 11.8 Å². The summed E-state index contributed by atoms with van der Waals surface area (Å²) in [4.78, 5) is 13.6. The standard InChI is InChI=1S/C21H31NO4/c1-5-18(23)15-22(20(25)26-21(2,3)4)16-19(24)14-10-9-13-17-11-7-6-8-12-17/h6-8,11-12,18-19,23-24H,5,9,13,15-16H2,1-4H3. The molecule has 0 bridgehead atoms. The highest BCUT2D eigenvalue weighted by molar-refractivity contribution is 5.68. The summed E-state index contributed by atoms with van der Waals surface area (Å²) in [5.41, 5.74) is 0.552. The quantitative estimate of drug-likeness (QED) is 0.733. The molecule has 0 spiro atoms. The molecule has 0 aliphatic carbocycles. The van der Waals surface area contributed by atoms with Crippen LogP contribution in [0.4, 0.5) is 4.79 Å². The van der Waals surface area contributed by atoms with Crippen LogP contribution in [0.3, 0.4) is 0 Å². The van der Waals surface area contributed by atoms with Crippen molar-refractivity contribution in [1.29, 1.82) is 0 Å². The summed E-state index contributed by atoms with van der Waals surface area (Å²) in [7, 11) is 0. The summed E-state index contributed by atoms with van der Waals surface area (Å²) in [6, 6.07) is 10.0. The van der Waals surface area contributed by atoms with Gasteiger partial charge in [-0.05, 0) is 39.2 Å². The lowest BCUT2D eigenvalue weighted by Gasteiger charge is -2.29. The number of rotatable bonds is 7. The van der Waals surface area contributed by atoms with E-state index in [0.29, 0.717) is 12.8 Å². The lowest BCUT2D eigenvalue weighted by molar-refractivity contribution is 0.00723. The first-order valence-corrected chi connectivity index (χ1v) is 9.07. The fourth-order valence-electron chi connectivity index (χ4n) is 2.23. The Hall–Kier alpha value is -2.03. The van der Waals surface area contributed by atoms with Crippen LogP contribution in [0.25, 0.3) is 0 Å². The zero-order valence-electron chi connectivity index (χ0n) is 16.2. The minimum absolute atomic E-state index is 0.00428. The molecule has 1 amide bonds. The van der Waals surface area contributed by atoms with Crippen LogP contribution in [-0.2, 0) is 11.2 Å². The van der Waals surface area contributed by atoms with E-state index in [0.717, 1.165) is 6.42 Å². The maximum absolute atomic E-state index is 12.3. The molecule has 5 nitrogen and oxygen atoms in total. The molecule has 0 heterocycles. The number of carbonyl (C=O) groups is 1. The molecule has 0 aliphatic heterocycles. The molecule has 2 unspecified atom stereocenters. The average molecular weight is 361 g/mol. The molecule has 1 aromatic carbocycles. The minimum atomic E-state index is -0.984. The predicted molar refractivity (Wildman–Crippen MR) is 103 cm³/mol. The van der Waals surface area contributed by atoms with E-state index in [1.807, 2.05) is 37.3 Å². The number of nitrogens with zero attached hydrogens (tertiary/aromatic N) is 1. The highest BCUT2D eigenvalue weighted by Gasteiger charge is 2.25. The third-order valence-corrected chi connectivity index (χ3v) is 3.60. The van der Waals surface area contributed by atoms with Crippen LogP contribution in [0, 0.1) is 11.8 Å². The second-order valence-electron chi connectivity index (χ2n) is 7.27. The molecule has 2 N–H and O–H groups in total. The van der Waals surface area contributed by atoms with Crippen molar-refractivity contribution in [3.63, 3.8) is 0 Å². The van der Waals surface area contributed by atoms with Gasteiger partial charge in [0.1, 0.15) is 11.7 Å². The average Bonchev–Trinajstić information content (AvgIpc) is 2.57. The van der Waals surface area contributed by atoms with Crippen molar-refractivity contribution in [1.82, 2.24) is 4.90 Å². The number of aliphatic hydroxyl groups is 2. The van der Waals surface area contributed by atoms with Gasteiger partial charge in [0.15, 0.2) is 0 Å². The van der Waals surface area contributed by atoms with Crippen molar-refractivity contribution in [3.8, 4) is 11.8 Å². The van der Waals surface area contributed by atoms with Crippen LogP contribution in [0.2, 0.25) is 0 Å². The molecule has 0 saturated heterocycles. The molecule has 5 heteroatoms. The van der Waals surface area contributed by atoms with Gasteiger partial charge in [0.25, 0.3) is 0 Å². The Morgan fingerprint density at radius 2 is 1.85 bits per heavy atom. The fourth-order valence-corrected chi connectivity index (χ4v) is 2.23. The van der Waals surface area contributed by atoms with Crippen LogP contribution in [0.15, 0.2) is 30.3 Å². The van der Waals surface area contributed by atoms with Crippen LogP contribution in [0.1, 0.15) is 46.1 Å². The molecule has 1 rings (SSSR count). The van der Waals surface area contributed by atoms with E-state index in [-0.39, 0.29) is 13.1 Å². The summed E-state index contributed by atoms with van der Waals surface area (Å²) in [5.74, 6) is 5.72.